The van der Waals surface area contributed by atoms with Crippen molar-refractivity contribution in [3.8, 4) is 0 Å². The van der Waals surface area contributed by atoms with Crippen LogP contribution in [0.2, 0.25) is 0 Å². The Morgan fingerprint density at radius 1 is 1.33 bits per heavy atom. The van der Waals surface area contributed by atoms with Crippen molar-refractivity contribution in [2.75, 3.05) is 0 Å². The number of hydrogen-bond acceptors (Lipinski definition) is 1. The van der Waals surface area contributed by atoms with E-state index in [2.05, 4.69) is 15.9 Å². The zero-order valence-electron chi connectivity index (χ0n) is 8.30. The molecule has 0 bridgehead atoms. The van der Waals surface area contributed by atoms with Crippen LogP contribution in [-0.4, -0.2) is 5.78 Å². The Balaban J connectivity index is 2.32. The van der Waals surface area contributed by atoms with Crippen molar-refractivity contribution in [2.45, 2.75) is 25.7 Å². The van der Waals surface area contributed by atoms with E-state index in [-0.39, 0.29) is 17.3 Å². The highest BCUT2D eigenvalue weighted by Crippen LogP contribution is 2.31. The van der Waals surface area contributed by atoms with Gasteiger partial charge in [0, 0.05) is 10.4 Å². The largest absolute Gasteiger partial charge is 0.294 e. The second kappa shape index (κ2) is 4.44. The minimum absolute atomic E-state index is 0.0261. The predicted octanol–water partition coefficient (Wildman–Crippen LogP) is 3.96. The number of rotatable bonds is 2. The molecule has 0 N–H and O–H groups in total. The SMILES string of the molecule is O=C(c1c(F)cccc1Br)C1CCCC1. The Morgan fingerprint density at radius 3 is 2.60 bits per heavy atom. The van der Waals surface area contributed by atoms with Gasteiger partial charge in [-0.15, -0.1) is 0 Å². The van der Waals surface area contributed by atoms with Gasteiger partial charge < -0.3 is 0 Å². The highest BCUT2D eigenvalue weighted by molar-refractivity contribution is 9.10. The quantitative estimate of drug-likeness (QED) is 0.744. The van der Waals surface area contributed by atoms with E-state index >= 15 is 0 Å². The van der Waals surface area contributed by atoms with E-state index in [4.69, 9.17) is 0 Å². The number of benzene rings is 1. The fourth-order valence-electron chi connectivity index (χ4n) is 2.13. The van der Waals surface area contributed by atoms with Crippen LogP contribution in [-0.2, 0) is 0 Å². The maximum Gasteiger partial charge on any atom is 0.170 e. The van der Waals surface area contributed by atoms with Gasteiger partial charge >= 0.3 is 0 Å². The Hall–Kier alpha value is -0.700. The van der Waals surface area contributed by atoms with Crippen molar-refractivity contribution < 1.29 is 9.18 Å². The molecule has 1 aromatic carbocycles. The number of hydrogen-bond donors (Lipinski definition) is 0. The topological polar surface area (TPSA) is 17.1 Å². The third-order valence-electron chi connectivity index (χ3n) is 2.94. The maximum atomic E-state index is 13.5. The Kier molecular flexibility index (Phi) is 3.19. The lowest BCUT2D eigenvalue weighted by Gasteiger charge is -2.10. The first-order valence-electron chi connectivity index (χ1n) is 5.18. The molecule has 1 aromatic rings. The zero-order valence-corrected chi connectivity index (χ0v) is 9.89. The second-order valence-corrected chi connectivity index (χ2v) is 4.80. The van der Waals surface area contributed by atoms with Gasteiger partial charge in [-0.05, 0) is 40.9 Å². The van der Waals surface area contributed by atoms with Crippen LogP contribution in [0.15, 0.2) is 22.7 Å². The van der Waals surface area contributed by atoms with Crippen LogP contribution in [0.3, 0.4) is 0 Å². The fourth-order valence-corrected chi connectivity index (χ4v) is 2.66. The summed E-state index contributed by atoms with van der Waals surface area (Å²) in [5.41, 5.74) is 0.226. The molecule has 2 rings (SSSR count). The monoisotopic (exact) mass is 270 g/mol. The van der Waals surface area contributed by atoms with Crippen LogP contribution in [0.5, 0.6) is 0 Å². The van der Waals surface area contributed by atoms with Gasteiger partial charge in [0.05, 0.1) is 5.56 Å². The summed E-state index contributed by atoms with van der Waals surface area (Å²) in [6.07, 6.45) is 3.98. The molecule has 0 aromatic heterocycles. The number of carbonyl (C=O) groups excluding carboxylic acids is 1. The smallest absolute Gasteiger partial charge is 0.170 e. The third kappa shape index (κ3) is 2.12. The van der Waals surface area contributed by atoms with Crippen molar-refractivity contribution in [2.24, 2.45) is 5.92 Å². The second-order valence-electron chi connectivity index (χ2n) is 3.94. The molecule has 1 saturated carbocycles. The molecule has 0 radical (unpaired) electrons. The first-order chi connectivity index (χ1) is 7.20. The molecule has 0 amide bonds. The third-order valence-corrected chi connectivity index (χ3v) is 3.60. The summed E-state index contributed by atoms with van der Waals surface area (Å²) < 4.78 is 14.1. The van der Waals surface area contributed by atoms with Crippen molar-refractivity contribution >= 4 is 21.7 Å². The summed E-state index contributed by atoms with van der Waals surface area (Å²) in [5, 5.41) is 0. The number of ketones is 1. The van der Waals surface area contributed by atoms with Gasteiger partial charge in [0.15, 0.2) is 5.78 Å². The molecule has 0 aliphatic heterocycles. The van der Waals surface area contributed by atoms with Gasteiger partial charge in [0.25, 0.3) is 0 Å². The molecular formula is C12H12BrFO. The lowest BCUT2D eigenvalue weighted by Crippen LogP contribution is -2.13. The number of carbonyl (C=O) groups is 1. The Morgan fingerprint density at radius 2 is 2.00 bits per heavy atom. The summed E-state index contributed by atoms with van der Waals surface area (Å²) in [4.78, 5) is 12.0. The average Bonchev–Trinajstić information content (AvgIpc) is 2.69. The van der Waals surface area contributed by atoms with Gasteiger partial charge in [-0.2, -0.15) is 0 Å². The molecule has 1 fully saturated rings. The molecular weight excluding hydrogens is 259 g/mol. The van der Waals surface area contributed by atoms with E-state index in [9.17, 15) is 9.18 Å². The number of Topliss-reactive ketones (excluding diaryl/α,β-unsaturated/α-hetero) is 1. The summed E-state index contributed by atoms with van der Waals surface area (Å²) in [5.74, 6) is -0.433. The highest BCUT2D eigenvalue weighted by Gasteiger charge is 2.27. The minimum atomic E-state index is -0.415. The first kappa shape index (κ1) is 10.8. The van der Waals surface area contributed by atoms with E-state index in [0.717, 1.165) is 25.7 Å². The maximum absolute atomic E-state index is 13.5. The van der Waals surface area contributed by atoms with Crippen molar-refractivity contribution in [1.29, 1.82) is 0 Å². The summed E-state index contributed by atoms with van der Waals surface area (Å²) in [6.45, 7) is 0. The van der Waals surface area contributed by atoms with Gasteiger partial charge in [-0.3, -0.25) is 4.79 Å². The van der Waals surface area contributed by atoms with Crippen molar-refractivity contribution in [3.63, 3.8) is 0 Å². The van der Waals surface area contributed by atoms with Crippen LogP contribution in [0, 0.1) is 11.7 Å². The highest BCUT2D eigenvalue weighted by atomic mass is 79.9. The summed E-state index contributed by atoms with van der Waals surface area (Å²) in [7, 11) is 0. The van der Waals surface area contributed by atoms with Crippen molar-refractivity contribution in [3.05, 3.63) is 34.1 Å². The first-order valence-corrected chi connectivity index (χ1v) is 5.97. The van der Waals surface area contributed by atoms with Crippen LogP contribution in [0.4, 0.5) is 4.39 Å². The van der Waals surface area contributed by atoms with Crippen molar-refractivity contribution in [1.82, 2.24) is 0 Å². The standard InChI is InChI=1S/C12H12BrFO/c13-9-6-3-7-10(14)11(9)12(15)8-4-1-2-5-8/h3,6-8H,1-2,4-5H2. The van der Waals surface area contributed by atoms with E-state index in [0.29, 0.717) is 4.47 Å². The average molecular weight is 271 g/mol. The molecule has 1 aliphatic carbocycles. The molecule has 0 spiro atoms. The van der Waals surface area contributed by atoms with E-state index in [1.165, 1.54) is 6.07 Å². The minimum Gasteiger partial charge on any atom is -0.294 e. The van der Waals surface area contributed by atoms with E-state index in [1.54, 1.807) is 12.1 Å². The van der Waals surface area contributed by atoms with E-state index < -0.39 is 5.82 Å². The Bertz CT molecular complexity index is 363. The molecule has 0 unspecified atom stereocenters. The summed E-state index contributed by atoms with van der Waals surface area (Å²) >= 11 is 3.23. The van der Waals surface area contributed by atoms with Crippen LogP contribution in [0.1, 0.15) is 36.0 Å². The molecule has 1 nitrogen and oxygen atoms in total. The molecule has 80 valence electrons. The summed E-state index contributed by atoms with van der Waals surface area (Å²) in [6, 6.07) is 4.66. The Labute approximate surface area is 96.8 Å². The molecule has 0 atom stereocenters. The normalized spacial score (nSPS) is 16.9. The van der Waals surface area contributed by atoms with Gasteiger partial charge in [-0.1, -0.05) is 18.9 Å². The lowest BCUT2D eigenvalue weighted by molar-refractivity contribution is 0.0918. The molecule has 15 heavy (non-hydrogen) atoms. The molecule has 0 heterocycles. The van der Waals surface area contributed by atoms with Gasteiger partial charge in [0.2, 0.25) is 0 Å². The van der Waals surface area contributed by atoms with Crippen LogP contribution >= 0.6 is 15.9 Å². The number of halogens is 2. The molecule has 1 aliphatic rings. The van der Waals surface area contributed by atoms with E-state index in [1.807, 2.05) is 0 Å². The fraction of sp³-hybridized carbons (Fsp3) is 0.417. The lowest BCUT2D eigenvalue weighted by atomic mass is 9.96. The van der Waals surface area contributed by atoms with Gasteiger partial charge in [-0.25, -0.2) is 4.39 Å². The molecule has 0 saturated heterocycles. The zero-order chi connectivity index (χ0) is 10.8. The van der Waals surface area contributed by atoms with Crippen LogP contribution < -0.4 is 0 Å². The molecule has 3 heteroatoms. The van der Waals surface area contributed by atoms with Crippen LogP contribution in [0.25, 0.3) is 0 Å². The predicted molar refractivity (Wildman–Crippen MR) is 60.4 cm³/mol. The van der Waals surface area contributed by atoms with Gasteiger partial charge in [0.1, 0.15) is 5.82 Å².